The summed E-state index contributed by atoms with van der Waals surface area (Å²) in [7, 11) is 0. The van der Waals surface area contributed by atoms with Crippen LogP contribution in [-0.2, 0) is 25.5 Å². The number of piperidine rings is 1. The normalized spacial score (nSPS) is 19.3. The molecule has 3 aromatic rings. The van der Waals surface area contributed by atoms with Crippen molar-refractivity contribution in [1.82, 2.24) is 20.5 Å². The number of anilines is 1. The van der Waals surface area contributed by atoms with Gasteiger partial charge in [0, 0.05) is 43.0 Å². The Kier molecular flexibility index (Phi) is 8.61. The highest BCUT2D eigenvalue weighted by atomic mass is 16.6. The zero-order valence-electron chi connectivity index (χ0n) is 25.2. The molecule has 3 N–H and O–H groups in total. The largest absolute Gasteiger partial charge is 0.444 e. The number of benzene rings is 2. The minimum atomic E-state index is -0.971. The van der Waals surface area contributed by atoms with Crippen molar-refractivity contribution < 1.29 is 33.4 Å². The Bertz CT molecular complexity index is 1580. The molecule has 12 heteroatoms. The molecule has 0 radical (unpaired) electrons. The first-order valence-electron chi connectivity index (χ1n) is 14.7. The van der Waals surface area contributed by atoms with Crippen LogP contribution in [0.15, 0.2) is 54.7 Å². The van der Waals surface area contributed by atoms with Gasteiger partial charge in [0.1, 0.15) is 17.4 Å². The number of urea groups is 1. The van der Waals surface area contributed by atoms with Crippen LogP contribution in [0, 0.1) is 0 Å². The zero-order chi connectivity index (χ0) is 31.6. The van der Waals surface area contributed by atoms with Gasteiger partial charge in [-0.2, -0.15) is 0 Å². The van der Waals surface area contributed by atoms with Crippen molar-refractivity contribution in [1.29, 1.82) is 0 Å². The molecule has 2 aromatic carbocycles. The number of hydrogen-bond acceptors (Lipinski definition) is 7. The molecule has 2 fully saturated rings. The molecule has 2 aliphatic heterocycles. The van der Waals surface area contributed by atoms with Crippen LogP contribution in [0.5, 0.6) is 5.75 Å². The first-order chi connectivity index (χ1) is 20.9. The molecule has 5 rings (SSSR count). The number of carbonyl (C=O) groups is 5. The van der Waals surface area contributed by atoms with Crippen LogP contribution in [-0.4, -0.2) is 70.1 Å². The fraction of sp³-hybridized carbons (Fsp3) is 0.406. The number of para-hydroxylation sites is 1. The standard InChI is InChI=1S/C32H37N5O7/c1-19(38)43-22-13-11-21(12-14-22)37-28(39)17-27-25(10-7-15-36(27)31(37)42)34-29(40)26(35-30(41)44-32(2,3)4)16-20-18-33-24-9-6-5-8-23(20)24/h5-6,8-9,11-14,18,25-27,33H,7,10,15-17H2,1-4H3,(H,34,40)(H,35,41)/t25-,26+,27+/m1/s1. The Morgan fingerprint density at radius 2 is 1.80 bits per heavy atom. The predicted molar refractivity (Wildman–Crippen MR) is 162 cm³/mol. The molecule has 0 aliphatic carbocycles. The molecule has 2 saturated heterocycles. The average molecular weight is 604 g/mol. The Morgan fingerprint density at radius 1 is 1.07 bits per heavy atom. The maximum atomic E-state index is 13.8. The van der Waals surface area contributed by atoms with Crippen LogP contribution in [0.4, 0.5) is 15.3 Å². The van der Waals surface area contributed by atoms with Gasteiger partial charge in [0.2, 0.25) is 11.8 Å². The van der Waals surface area contributed by atoms with E-state index in [2.05, 4.69) is 15.6 Å². The van der Waals surface area contributed by atoms with E-state index in [1.165, 1.54) is 19.1 Å². The Labute approximate surface area is 255 Å². The highest BCUT2D eigenvalue weighted by Gasteiger charge is 2.45. The van der Waals surface area contributed by atoms with Crippen molar-refractivity contribution in [3.63, 3.8) is 0 Å². The monoisotopic (exact) mass is 603 g/mol. The molecule has 0 spiro atoms. The second kappa shape index (κ2) is 12.4. The second-order valence-corrected chi connectivity index (χ2v) is 12.1. The van der Waals surface area contributed by atoms with E-state index in [4.69, 9.17) is 9.47 Å². The van der Waals surface area contributed by atoms with Gasteiger partial charge < -0.3 is 30.0 Å². The van der Waals surface area contributed by atoms with Crippen molar-refractivity contribution in [2.24, 2.45) is 0 Å². The molecule has 0 unspecified atom stereocenters. The summed E-state index contributed by atoms with van der Waals surface area (Å²) in [5.41, 5.74) is 1.36. The number of imide groups is 1. The van der Waals surface area contributed by atoms with Crippen molar-refractivity contribution >= 4 is 46.5 Å². The molecule has 3 heterocycles. The Hall–Kier alpha value is -4.87. The molecule has 0 saturated carbocycles. The van der Waals surface area contributed by atoms with E-state index in [-0.39, 0.29) is 12.8 Å². The molecule has 12 nitrogen and oxygen atoms in total. The lowest BCUT2D eigenvalue weighted by atomic mass is 9.91. The third kappa shape index (κ3) is 6.85. The number of carbonyl (C=O) groups excluding carboxylic acids is 5. The number of aromatic nitrogens is 1. The van der Waals surface area contributed by atoms with Gasteiger partial charge in [0.25, 0.3) is 0 Å². The summed E-state index contributed by atoms with van der Waals surface area (Å²) in [5, 5.41) is 6.70. The van der Waals surface area contributed by atoms with E-state index in [9.17, 15) is 24.0 Å². The van der Waals surface area contributed by atoms with Gasteiger partial charge in [-0.05, 0) is 69.5 Å². The molecule has 1 aromatic heterocycles. The molecular formula is C32H37N5O7. The van der Waals surface area contributed by atoms with Gasteiger partial charge in [0.15, 0.2) is 0 Å². The number of hydrogen-bond donors (Lipinski definition) is 3. The van der Waals surface area contributed by atoms with E-state index in [1.54, 1.807) is 37.8 Å². The van der Waals surface area contributed by atoms with E-state index in [0.717, 1.165) is 21.4 Å². The van der Waals surface area contributed by atoms with E-state index in [0.29, 0.717) is 30.8 Å². The lowest BCUT2D eigenvalue weighted by molar-refractivity contribution is -0.132. The summed E-state index contributed by atoms with van der Waals surface area (Å²) in [6.45, 7) is 6.95. The van der Waals surface area contributed by atoms with Crippen LogP contribution in [0.2, 0.25) is 0 Å². The maximum Gasteiger partial charge on any atom is 0.408 e. The van der Waals surface area contributed by atoms with Crippen molar-refractivity contribution in [3.05, 3.63) is 60.3 Å². The quantitative estimate of drug-likeness (QED) is 0.273. The predicted octanol–water partition coefficient (Wildman–Crippen LogP) is 4.04. The van der Waals surface area contributed by atoms with Crippen molar-refractivity contribution in [2.75, 3.05) is 11.4 Å². The second-order valence-electron chi connectivity index (χ2n) is 12.1. The van der Waals surface area contributed by atoms with Gasteiger partial charge in [-0.25, -0.2) is 14.5 Å². The lowest BCUT2D eigenvalue weighted by Crippen LogP contribution is -2.66. The van der Waals surface area contributed by atoms with Gasteiger partial charge >= 0.3 is 18.1 Å². The van der Waals surface area contributed by atoms with Gasteiger partial charge in [-0.1, -0.05) is 18.2 Å². The lowest BCUT2D eigenvalue weighted by Gasteiger charge is -2.46. The minimum absolute atomic E-state index is 0.00892. The Morgan fingerprint density at radius 3 is 2.50 bits per heavy atom. The van der Waals surface area contributed by atoms with Crippen LogP contribution in [0.3, 0.4) is 0 Å². The van der Waals surface area contributed by atoms with Gasteiger partial charge in [0.05, 0.1) is 18.2 Å². The smallest absolute Gasteiger partial charge is 0.408 e. The number of rotatable bonds is 7. The summed E-state index contributed by atoms with van der Waals surface area (Å²) in [6, 6.07) is 11.3. The number of ether oxygens (including phenoxy) is 2. The third-order valence-electron chi connectivity index (χ3n) is 7.64. The number of esters is 1. The van der Waals surface area contributed by atoms with E-state index >= 15 is 0 Å². The molecule has 2 aliphatic rings. The molecular weight excluding hydrogens is 566 g/mol. The van der Waals surface area contributed by atoms with Crippen LogP contribution in [0.25, 0.3) is 10.9 Å². The van der Waals surface area contributed by atoms with E-state index in [1.807, 2.05) is 30.5 Å². The van der Waals surface area contributed by atoms with Crippen LogP contribution in [0.1, 0.15) is 52.5 Å². The summed E-state index contributed by atoms with van der Waals surface area (Å²) in [4.78, 5) is 70.6. The van der Waals surface area contributed by atoms with Crippen molar-refractivity contribution in [3.8, 4) is 5.75 Å². The topological polar surface area (TPSA) is 150 Å². The minimum Gasteiger partial charge on any atom is -0.444 e. The number of alkyl carbamates (subject to hydrolysis) is 1. The fourth-order valence-electron chi connectivity index (χ4n) is 5.77. The molecule has 232 valence electrons. The SMILES string of the molecule is CC(=O)Oc1ccc(N2C(=O)C[C@H]3[C@H](NC(=O)[C@H](Cc4c[nH]c5ccccc45)NC(=O)OC(C)(C)C)CCCN3C2=O)cc1. The number of H-pyrrole nitrogens is 1. The molecule has 44 heavy (non-hydrogen) atoms. The van der Waals surface area contributed by atoms with Crippen LogP contribution < -0.4 is 20.3 Å². The highest BCUT2D eigenvalue weighted by Crippen LogP contribution is 2.31. The summed E-state index contributed by atoms with van der Waals surface area (Å²) in [6.07, 6.45) is 2.49. The molecule has 3 atom stereocenters. The van der Waals surface area contributed by atoms with Crippen LogP contribution >= 0.6 is 0 Å². The fourth-order valence-corrected chi connectivity index (χ4v) is 5.77. The Balaban J connectivity index is 1.32. The highest BCUT2D eigenvalue weighted by molar-refractivity contribution is 6.16. The average Bonchev–Trinajstić information content (AvgIpc) is 3.35. The number of amides is 5. The first kappa shape index (κ1) is 30.6. The number of fused-ring (bicyclic) bond motifs is 2. The molecule has 5 amide bonds. The summed E-state index contributed by atoms with van der Waals surface area (Å²) < 4.78 is 10.5. The first-order valence-corrected chi connectivity index (χ1v) is 14.7. The van der Waals surface area contributed by atoms with E-state index < -0.39 is 53.6 Å². The molecule has 0 bridgehead atoms. The van der Waals surface area contributed by atoms with Crippen molar-refractivity contribution in [2.45, 2.75) is 77.1 Å². The zero-order valence-corrected chi connectivity index (χ0v) is 25.2. The number of aromatic amines is 1. The maximum absolute atomic E-state index is 13.8. The number of nitrogens with one attached hydrogen (secondary N) is 3. The van der Waals surface area contributed by atoms with Gasteiger partial charge in [-0.3, -0.25) is 14.4 Å². The summed E-state index contributed by atoms with van der Waals surface area (Å²) >= 11 is 0. The number of nitrogens with zero attached hydrogens (tertiary/aromatic N) is 2. The third-order valence-corrected chi connectivity index (χ3v) is 7.64. The summed E-state index contributed by atoms with van der Waals surface area (Å²) in [5.74, 6) is -1.01. The van der Waals surface area contributed by atoms with Gasteiger partial charge in [-0.15, -0.1) is 0 Å².